The first-order valence-corrected chi connectivity index (χ1v) is 20.7. The molecule has 8 heteroatoms. The quantitative estimate of drug-likeness (QED) is 0.0362. The van der Waals surface area contributed by atoms with E-state index in [2.05, 4.69) is 13.2 Å². The molecule has 0 saturated heterocycles. The van der Waals surface area contributed by atoms with Gasteiger partial charge in [0.1, 0.15) is 11.5 Å². The van der Waals surface area contributed by atoms with E-state index in [1.807, 2.05) is 60.7 Å². The number of allylic oxidation sites excluding steroid dienone is 3. The number of ketones is 2. The van der Waals surface area contributed by atoms with Gasteiger partial charge in [-0.15, -0.1) is 13.2 Å². The Morgan fingerprint density at radius 1 is 0.684 bits per heavy atom. The van der Waals surface area contributed by atoms with Crippen LogP contribution < -0.4 is 20.9 Å². The lowest BCUT2D eigenvalue weighted by Gasteiger charge is -2.30. The molecule has 2 saturated carbocycles. The number of anilines is 2. The van der Waals surface area contributed by atoms with E-state index in [4.69, 9.17) is 20.9 Å². The predicted molar refractivity (Wildman–Crippen MR) is 232 cm³/mol. The number of hydrogen-bond acceptors (Lipinski definition) is 8. The molecular weight excluding hydrogens is 713 g/mol. The molecule has 0 aliphatic heterocycles. The van der Waals surface area contributed by atoms with Gasteiger partial charge >= 0.3 is 0 Å². The molecule has 0 radical (unpaired) electrons. The Bertz CT molecular complexity index is 1810. The van der Waals surface area contributed by atoms with Crippen molar-refractivity contribution in [1.82, 2.24) is 0 Å². The van der Waals surface area contributed by atoms with Crippen molar-refractivity contribution >= 4 is 35.1 Å². The third-order valence-electron chi connectivity index (χ3n) is 11.9. The lowest BCUT2D eigenvalue weighted by Crippen LogP contribution is -2.44. The normalized spacial score (nSPS) is 20.6. The summed E-state index contributed by atoms with van der Waals surface area (Å²) in [5.41, 5.74) is 14.4. The summed E-state index contributed by atoms with van der Waals surface area (Å²) in [5, 5.41) is 22.7. The average molecular weight is 775 g/mol. The summed E-state index contributed by atoms with van der Waals surface area (Å²) >= 11 is 0. The van der Waals surface area contributed by atoms with Crippen molar-refractivity contribution in [2.75, 3.05) is 24.7 Å². The number of aliphatic hydroxyl groups is 2. The minimum atomic E-state index is -2.94. The largest absolute Gasteiger partial charge is 0.493 e. The molecule has 6 N–H and O–H groups in total. The number of ether oxygens (including phenoxy) is 2. The maximum absolute atomic E-state index is 13.4. The monoisotopic (exact) mass is 774 g/mol. The van der Waals surface area contributed by atoms with Crippen LogP contribution in [0.4, 0.5) is 11.4 Å². The molecule has 304 valence electrons. The zero-order chi connectivity index (χ0) is 40.6. The molecule has 2 fully saturated rings. The van der Waals surface area contributed by atoms with Crippen molar-refractivity contribution in [3.05, 3.63) is 121 Å². The fourth-order valence-electron chi connectivity index (χ4n) is 8.16. The number of benzene rings is 3. The van der Waals surface area contributed by atoms with Crippen molar-refractivity contribution in [1.29, 1.82) is 0 Å². The van der Waals surface area contributed by atoms with Gasteiger partial charge in [-0.2, -0.15) is 0 Å². The highest BCUT2D eigenvalue weighted by Crippen LogP contribution is 2.37. The van der Waals surface area contributed by atoms with Gasteiger partial charge in [0.25, 0.3) is 0 Å². The Balaban J connectivity index is 1.15. The van der Waals surface area contributed by atoms with Gasteiger partial charge in [0.15, 0.2) is 5.78 Å². The minimum Gasteiger partial charge on any atom is -0.493 e. The first-order valence-electron chi connectivity index (χ1n) is 20.7. The van der Waals surface area contributed by atoms with Crippen LogP contribution in [-0.2, 0) is 9.59 Å². The van der Waals surface area contributed by atoms with Gasteiger partial charge < -0.3 is 31.2 Å². The molecule has 0 spiro atoms. The van der Waals surface area contributed by atoms with Crippen molar-refractivity contribution in [2.24, 2.45) is 23.7 Å². The summed E-state index contributed by atoms with van der Waals surface area (Å²) in [5.74, 6) is -1.52. The number of hydrogen-bond donors (Lipinski definition) is 4. The van der Waals surface area contributed by atoms with Crippen LogP contribution in [0, 0.1) is 23.7 Å². The second-order valence-corrected chi connectivity index (χ2v) is 16.1. The maximum atomic E-state index is 13.4. The summed E-state index contributed by atoms with van der Waals surface area (Å²) < 4.78 is 12.2. The Morgan fingerprint density at radius 3 is 1.60 bits per heavy atom. The summed E-state index contributed by atoms with van der Waals surface area (Å²) in [4.78, 5) is 26.8. The highest BCUT2D eigenvalue weighted by atomic mass is 16.5. The highest BCUT2D eigenvalue weighted by Gasteiger charge is 2.43. The van der Waals surface area contributed by atoms with E-state index in [1.165, 1.54) is 88.5 Å². The van der Waals surface area contributed by atoms with E-state index in [0.717, 1.165) is 47.8 Å². The van der Waals surface area contributed by atoms with Crippen LogP contribution >= 0.6 is 0 Å². The SMILES string of the molecule is C=CCCC1CCC(COc2ccc(/C=C/C(=O)CC(c3ccc(N)cc3N)C(O)(O)C(=O)/C=C/c3ccc(OCC4CCC(CCC=C)CC4)cc3)cc2)CC1. The molecule has 1 unspecified atom stereocenters. The number of nitrogen functional groups attached to an aromatic ring is 2. The molecule has 2 aliphatic carbocycles. The van der Waals surface area contributed by atoms with E-state index in [-0.39, 0.29) is 11.3 Å². The summed E-state index contributed by atoms with van der Waals surface area (Å²) in [6.07, 6.45) is 23.5. The van der Waals surface area contributed by atoms with Gasteiger partial charge in [-0.3, -0.25) is 9.59 Å². The molecule has 2 aliphatic rings. The molecule has 5 rings (SSSR count). The van der Waals surface area contributed by atoms with Crippen LogP contribution in [0.3, 0.4) is 0 Å². The Hall–Kier alpha value is -4.92. The molecule has 0 bridgehead atoms. The fraction of sp³-hybridized carbons (Fsp3) is 0.429. The van der Waals surface area contributed by atoms with E-state index >= 15 is 0 Å². The van der Waals surface area contributed by atoms with Crippen LogP contribution in [0.2, 0.25) is 0 Å². The third-order valence-corrected chi connectivity index (χ3v) is 11.9. The van der Waals surface area contributed by atoms with Crippen molar-refractivity contribution in [3.63, 3.8) is 0 Å². The van der Waals surface area contributed by atoms with Gasteiger partial charge in [-0.25, -0.2) is 0 Å². The van der Waals surface area contributed by atoms with E-state index < -0.39 is 29.7 Å². The molecule has 0 aromatic heterocycles. The lowest BCUT2D eigenvalue weighted by atomic mass is 9.80. The summed E-state index contributed by atoms with van der Waals surface area (Å²) in [6.45, 7) is 9.04. The minimum absolute atomic E-state index is 0.147. The van der Waals surface area contributed by atoms with Crippen LogP contribution in [-0.4, -0.2) is 40.8 Å². The van der Waals surface area contributed by atoms with Crippen LogP contribution in [0.1, 0.15) is 106 Å². The van der Waals surface area contributed by atoms with Crippen LogP contribution in [0.15, 0.2) is 104 Å². The number of carbonyl (C=O) groups excluding carboxylic acids is 2. The highest BCUT2D eigenvalue weighted by molar-refractivity contribution is 6.01. The van der Waals surface area contributed by atoms with Gasteiger partial charge in [0.05, 0.1) is 19.1 Å². The van der Waals surface area contributed by atoms with E-state index in [1.54, 1.807) is 12.1 Å². The number of carbonyl (C=O) groups is 2. The smallest absolute Gasteiger partial charge is 0.235 e. The van der Waals surface area contributed by atoms with E-state index in [0.29, 0.717) is 36.3 Å². The lowest BCUT2D eigenvalue weighted by molar-refractivity contribution is -0.187. The zero-order valence-electron chi connectivity index (χ0n) is 33.4. The molecule has 8 nitrogen and oxygen atoms in total. The summed E-state index contributed by atoms with van der Waals surface area (Å²) in [7, 11) is 0. The Kier molecular flexibility index (Phi) is 16.3. The molecule has 3 aromatic rings. The molecule has 0 heterocycles. The van der Waals surface area contributed by atoms with Crippen molar-refractivity contribution in [3.8, 4) is 11.5 Å². The average Bonchev–Trinajstić information content (AvgIpc) is 3.22. The molecule has 3 aromatic carbocycles. The van der Waals surface area contributed by atoms with Crippen LogP contribution in [0.25, 0.3) is 12.2 Å². The van der Waals surface area contributed by atoms with Gasteiger partial charge in [-0.05, 0) is 140 Å². The topological polar surface area (TPSA) is 145 Å². The first-order chi connectivity index (χ1) is 27.5. The van der Waals surface area contributed by atoms with Crippen LogP contribution in [0.5, 0.6) is 11.5 Å². The van der Waals surface area contributed by atoms with E-state index in [9.17, 15) is 19.8 Å². The predicted octanol–water partition coefficient (Wildman–Crippen LogP) is 9.87. The Labute approximate surface area is 339 Å². The molecule has 57 heavy (non-hydrogen) atoms. The van der Waals surface area contributed by atoms with Crippen molar-refractivity contribution in [2.45, 2.75) is 95.2 Å². The Morgan fingerprint density at radius 2 is 1.14 bits per heavy atom. The summed E-state index contributed by atoms with van der Waals surface area (Å²) in [6, 6.07) is 19.3. The van der Waals surface area contributed by atoms with Gasteiger partial charge in [0.2, 0.25) is 11.6 Å². The second-order valence-electron chi connectivity index (χ2n) is 16.1. The fourth-order valence-corrected chi connectivity index (χ4v) is 8.16. The zero-order valence-corrected chi connectivity index (χ0v) is 33.4. The molecule has 0 amide bonds. The number of rotatable bonds is 21. The maximum Gasteiger partial charge on any atom is 0.235 e. The standard InChI is InChI=1S/C49H62N2O6/c1-3-5-7-35-9-13-39(14-10-35)33-56-43-25-18-37(19-26-43)17-24-42(52)32-46(45-29-23-41(50)31-47(45)51)49(54,55)48(53)30-22-38-20-27-44(28-21-38)57-34-40-15-11-36(12-16-40)8-6-4-2/h3-4,17-31,35-36,39-40,46,54-55H,1-2,5-16,32-34,50-51H2/b24-17+,30-22+. The van der Waals surface area contributed by atoms with Crippen molar-refractivity contribution < 1.29 is 29.3 Å². The van der Waals surface area contributed by atoms with Gasteiger partial charge in [0, 0.05) is 17.8 Å². The molecule has 1 atom stereocenters. The number of nitrogens with two attached hydrogens (primary N) is 2. The van der Waals surface area contributed by atoms with Gasteiger partial charge in [-0.1, -0.05) is 80.3 Å². The first kappa shape index (κ1) is 43.2. The second kappa shape index (κ2) is 21.6. The third kappa shape index (κ3) is 13.3. The molecular formula is C49H62N2O6.